The molecule has 260 valence electrons. The van der Waals surface area contributed by atoms with Crippen molar-refractivity contribution < 1.29 is 43.6 Å². The molecule has 2 aromatic carbocycles. The molecule has 0 aliphatic carbocycles. The summed E-state index contributed by atoms with van der Waals surface area (Å²) in [4.78, 5) is 3.47. The van der Waals surface area contributed by atoms with Gasteiger partial charge in [-0.1, -0.05) is 18.2 Å². The van der Waals surface area contributed by atoms with Crippen LogP contribution in [0.25, 0.3) is 0 Å². The Kier molecular flexibility index (Phi) is 14.4. The van der Waals surface area contributed by atoms with Crippen molar-refractivity contribution in [1.82, 2.24) is 9.80 Å². The molecular weight excluding hydrogens is 688 g/mol. The van der Waals surface area contributed by atoms with E-state index >= 15 is 0 Å². The minimum atomic E-state index is -5.91. The number of anilines is 1. The lowest BCUT2D eigenvalue weighted by Crippen LogP contribution is -2.47. The van der Waals surface area contributed by atoms with Crippen molar-refractivity contribution in [3.63, 3.8) is 0 Å². The first-order valence-electron chi connectivity index (χ1n) is 14.8. The summed E-state index contributed by atoms with van der Waals surface area (Å²) in [6, 6.07) is 11.3. The molecule has 1 saturated heterocycles. The number of thioether (sulfide) groups is 1. The largest absolute Gasteiger partial charge is 0.501 e. The van der Waals surface area contributed by atoms with Crippen molar-refractivity contribution in [1.29, 1.82) is 0 Å². The Hall–Kier alpha value is -1.69. The minimum Gasteiger partial charge on any atom is -0.380 e. The smallest absolute Gasteiger partial charge is 0.380 e. The summed E-state index contributed by atoms with van der Waals surface area (Å²) in [5.41, 5.74) is -6.01. The standard InChI is InChI=1S/C28H42F3N4O7PS3/c1-3-41-43(36,42-4-2)20-8-14-34-16-18-35(19-17-34)15-13-23(22-44-24-9-6-5-7-10-24)33-26-12-11-25(46(32,39)40)21-27(26)45(37,38)28(29,30)31/h5-7,9-12,21,23,33H,3-4,8,13-20,22H2,1-2H3,(H2,32,39,40)/t23-/m1/s1. The van der Waals surface area contributed by atoms with Gasteiger partial charge in [0.15, 0.2) is 0 Å². The average molecular weight is 731 g/mol. The molecule has 2 aromatic rings. The molecule has 3 rings (SSSR count). The number of alkyl halides is 3. The molecule has 0 saturated carbocycles. The quantitative estimate of drug-likeness (QED) is 0.160. The Morgan fingerprint density at radius 3 is 2.09 bits per heavy atom. The van der Waals surface area contributed by atoms with Crippen molar-refractivity contribution in [3.05, 3.63) is 48.5 Å². The predicted octanol–water partition coefficient (Wildman–Crippen LogP) is 4.86. The van der Waals surface area contributed by atoms with E-state index in [2.05, 4.69) is 15.1 Å². The van der Waals surface area contributed by atoms with Gasteiger partial charge in [-0.15, -0.1) is 11.8 Å². The number of piperazine rings is 1. The highest BCUT2D eigenvalue weighted by atomic mass is 32.2. The van der Waals surface area contributed by atoms with Crippen molar-refractivity contribution in [3.8, 4) is 0 Å². The fourth-order valence-electron chi connectivity index (χ4n) is 4.90. The summed E-state index contributed by atoms with van der Waals surface area (Å²) in [6.07, 6.45) is 1.47. The van der Waals surface area contributed by atoms with Crippen LogP contribution in [-0.4, -0.2) is 103 Å². The van der Waals surface area contributed by atoms with Gasteiger partial charge in [-0.05, 0) is 63.6 Å². The number of nitrogens with zero attached hydrogens (tertiary/aromatic N) is 2. The van der Waals surface area contributed by atoms with Crippen LogP contribution in [0.1, 0.15) is 26.7 Å². The fraction of sp³-hybridized carbons (Fsp3) is 0.571. The highest BCUT2D eigenvalue weighted by molar-refractivity contribution is 7.99. The van der Waals surface area contributed by atoms with E-state index in [-0.39, 0.29) is 5.69 Å². The molecule has 1 aliphatic heterocycles. The first-order chi connectivity index (χ1) is 21.6. The third kappa shape index (κ3) is 11.5. The Labute approximate surface area is 273 Å². The van der Waals surface area contributed by atoms with Crippen LogP contribution in [-0.2, 0) is 33.5 Å². The maximum atomic E-state index is 13.6. The number of rotatable bonds is 18. The van der Waals surface area contributed by atoms with Crippen LogP contribution in [0.2, 0.25) is 0 Å². The van der Waals surface area contributed by atoms with E-state index in [4.69, 9.17) is 14.2 Å². The van der Waals surface area contributed by atoms with E-state index < -0.39 is 48.8 Å². The van der Waals surface area contributed by atoms with Gasteiger partial charge in [0.25, 0.3) is 9.84 Å². The molecule has 1 atom stereocenters. The Bertz CT molecular complexity index is 1520. The Balaban J connectivity index is 1.70. The Morgan fingerprint density at radius 1 is 0.957 bits per heavy atom. The number of primary sulfonamides is 1. The monoisotopic (exact) mass is 730 g/mol. The van der Waals surface area contributed by atoms with Crippen LogP contribution < -0.4 is 10.5 Å². The van der Waals surface area contributed by atoms with Gasteiger partial charge < -0.3 is 24.2 Å². The van der Waals surface area contributed by atoms with E-state index in [9.17, 15) is 34.6 Å². The lowest BCUT2D eigenvalue weighted by molar-refractivity contribution is -0.0435. The van der Waals surface area contributed by atoms with Crippen LogP contribution in [0.5, 0.6) is 0 Å². The minimum absolute atomic E-state index is 0.316. The number of sulfone groups is 1. The summed E-state index contributed by atoms with van der Waals surface area (Å²) in [5, 5.41) is 8.05. The van der Waals surface area contributed by atoms with E-state index in [1.807, 2.05) is 30.3 Å². The van der Waals surface area contributed by atoms with Gasteiger partial charge in [-0.25, -0.2) is 22.0 Å². The lowest BCUT2D eigenvalue weighted by atomic mass is 10.2. The maximum absolute atomic E-state index is 13.6. The lowest BCUT2D eigenvalue weighted by Gasteiger charge is -2.35. The number of benzene rings is 2. The summed E-state index contributed by atoms with van der Waals surface area (Å²) in [6.45, 7) is 8.53. The van der Waals surface area contributed by atoms with Gasteiger partial charge >= 0.3 is 13.1 Å². The van der Waals surface area contributed by atoms with Crippen LogP contribution >= 0.6 is 19.4 Å². The number of nitrogens with two attached hydrogens (primary N) is 1. The third-order valence-electron chi connectivity index (χ3n) is 7.25. The van der Waals surface area contributed by atoms with Crippen LogP contribution in [0.4, 0.5) is 18.9 Å². The van der Waals surface area contributed by atoms with Crippen molar-refractivity contribution >= 4 is 44.9 Å². The number of hydrogen-bond donors (Lipinski definition) is 2. The molecule has 3 N–H and O–H groups in total. The van der Waals surface area contributed by atoms with Crippen molar-refractivity contribution in [2.75, 3.05) is 69.7 Å². The van der Waals surface area contributed by atoms with E-state index in [1.54, 1.807) is 13.8 Å². The second-order valence-electron chi connectivity index (χ2n) is 10.6. The molecule has 1 heterocycles. The second-order valence-corrected chi connectivity index (χ2v) is 17.4. The second kappa shape index (κ2) is 17.1. The van der Waals surface area contributed by atoms with Gasteiger partial charge in [-0.2, -0.15) is 13.2 Å². The van der Waals surface area contributed by atoms with Gasteiger partial charge in [0.2, 0.25) is 10.0 Å². The molecule has 0 unspecified atom stereocenters. The molecule has 0 radical (unpaired) electrons. The third-order valence-corrected chi connectivity index (χ3v) is 13.0. The highest BCUT2D eigenvalue weighted by Gasteiger charge is 2.48. The van der Waals surface area contributed by atoms with Crippen molar-refractivity contribution in [2.24, 2.45) is 5.14 Å². The molecular formula is C28H42F3N4O7PS3. The van der Waals surface area contributed by atoms with Crippen LogP contribution in [0, 0.1) is 0 Å². The average Bonchev–Trinajstić information content (AvgIpc) is 2.99. The molecule has 11 nitrogen and oxygen atoms in total. The van der Waals surface area contributed by atoms with Gasteiger partial charge in [0.1, 0.15) is 4.90 Å². The molecule has 0 spiro atoms. The molecule has 0 aromatic heterocycles. The summed E-state index contributed by atoms with van der Waals surface area (Å²) < 4.78 is 113. The van der Waals surface area contributed by atoms with Gasteiger partial charge in [0, 0.05) is 49.4 Å². The first-order valence-corrected chi connectivity index (χ1v) is 20.6. The van der Waals surface area contributed by atoms with E-state index in [1.165, 1.54) is 11.8 Å². The summed E-state index contributed by atoms with van der Waals surface area (Å²) in [5.74, 6) is 0.395. The first kappa shape index (κ1) is 38.8. The molecule has 1 aliphatic rings. The highest BCUT2D eigenvalue weighted by Crippen LogP contribution is 2.48. The summed E-state index contributed by atoms with van der Waals surface area (Å²) >= 11 is 1.46. The zero-order valence-electron chi connectivity index (χ0n) is 25.8. The Morgan fingerprint density at radius 2 is 1.54 bits per heavy atom. The number of hydrogen-bond acceptors (Lipinski definition) is 11. The van der Waals surface area contributed by atoms with Gasteiger partial charge in [-0.3, -0.25) is 4.57 Å². The molecule has 46 heavy (non-hydrogen) atoms. The van der Waals surface area contributed by atoms with Crippen LogP contribution in [0.3, 0.4) is 0 Å². The van der Waals surface area contributed by atoms with Crippen molar-refractivity contribution in [2.45, 2.75) is 52.9 Å². The molecule has 0 bridgehead atoms. The number of sulfonamides is 1. The molecule has 0 amide bonds. The zero-order chi connectivity index (χ0) is 34.0. The van der Waals surface area contributed by atoms with E-state index in [0.717, 1.165) is 49.8 Å². The summed E-state index contributed by atoms with van der Waals surface area (Å²) in [7, 11) is -13.5. The number of halogens is 3. The molecule has 18 heteroatoms. The SMILES string of the molecule is CCOP(=O)(CCCN1CCN(CC[C@H](CSc2ccccc2)Nc2ccc(S(N)(=O)=O)cc2S(=O)(=O)C(F)(F)F)CC1)OCC. The van der Waals surface area contributed by atoms with Crippen LogP contribution in [0.15, 0.2) is 63.2 Å². The maximum Gasteiger partial charge on any atom is 0.501 e. The van der Waals surface area contributed by atoms with Gasteiger partial charge in [0.05, 0.1) is 30.0 Å². The topological polar surface area (TPSA) is 148 Å². The normalized spacial score (nSPS) is 16.4. The predicted molar refractivity (Wildman–Crippen MR) is 173 cm³/mol. The van der Waals surface area contributed by atoms with E-state index in [0.29, 0.717) is 50.6 Å². The fourth-order valence-corrected chi connectivity index (χ4v) is 9.10. The zero-order valence-corrected chi connectivity index (χ0v) is 29.2. The molecule has 1 fully saturated rings. The number of nitrogens with one attached hydrogen (secondary N) is 1.